The highest BCUT2D eigenvalue weighted by Gasteiger charge is 2.33. The van der Waals surface area contributed by atoms with Gasteiger partial charge in [0.15, 0.2) is 0 Å². The van der Waals surface area contributed by atoms with E-state index in [1.807, 2.05) is 0 Å². The van der Waals surface area contributed by atoms with E-state index in [9.17, 15) is 0 Å². The summed E-state index contributed by atoms with van der Waals surface area (Å²) in [6, 6.07) is 9.43. The summed E-state index contributed by atoms with van der Waals surface area (Å²) in [7, 11) is 0. The molecule has 0 aromatic heterocycles. The lowest BCUT2D eigenvalue weighted by molar-refractivity contribution is 0.468. The fourth-order valence-electron chi connectivity index (χ4n) is 2.27. The second-order valence-electron chi connectivity index (χ2n) is 5.22. The van der Waals surface area contributed by atoms with Gasteiger partial charge in [-0.25, -0.2) is 0 Å². The Hall–Kier alpha value is -0.340. The van der Waals surface area contributed by atoms with Gasteiger partial charge >= 0.3 is 0 Å². The van der Waals surface area contributed by atoms with Crippen LogP contribution in [0, 0.1) is 11.8 Å². The normalized spacial score (nSPS) is 22.1. The summed E-state index contributed by atoms with van der Waals surface area (Å²) < 4.78 is 1.17. The van der Waals surface area contributed by atoms with E-state index < -0.39 is 0 Å². The second-order valence-corrected chi connectivity index (χ2v) is 6.13. The number of benzene rings is 1. The Balaban J connectivity index is 1.68. The lowest BCUT2D eigenvalue weighted by atomic mass is 10.0. The highest BCUT2D eigenvalue weighted by molar-refractivity contribution is 9.10. The molecule has 1 nitrogen and oxygen atoms in total. The number of halogens is 1. The first-order chi connectivity index (χ1) is 7.83. The van der Waals surface area contributed by atoms with Crippen LogP contribution in [0.1, 0.15) is 37.3 Å². The Morgan fingerprint density at radius 3 is 2.38 bits per heavy atom. The van der Waals surface area contributed by atoms with Gasteiger partial charge in [-0.3, -0.25) is 0 Å². The van der Waals surface area contributed by atoms with Crippen molar-refractivity contribution in [1.82, 2.24) is 5.32 Å². The molecule has 0 aliphatic heterocycles. The van der Waals surface area contributed by atoms with E-state index in [0.717, 1.165) is 11.8 Å². The van der Waals surface area contributed by atoms with E-state index in [-0.39, 0.29) is 0 Å². The Kier molecular flexibility index (Phi) is 3.03. The molecule has 2 aliphatic rings. The van der Waals surface area contributed by atoms with Gasteiger partial charge in [0.05, 0.1) is 0 Å². The van der Waals surface area contributed by atoms with Crippen molar-refractivity contribution >= 4 is 15.9 Å². The standard InChI is InChI=1S/C14H18BrN/c15-13-7-5-12(6-8-13)14(11-3-4-11)16-9-10-1-2-10/h5-8,10-11,14,16H,1-4,9H2. The fraction of sp³-hybridized carbons (Fsp3) is 0.571. The SMILES string of the molecule is Brc1ccc(C(NCC2CC2)C2CC2)cc1. The van der Waals surface area contributed by atoms with Crippen LogP contribution in [0.2, 0.25) is 0 Å². The summed E-state index contributed by atoms with van der Waals surface area (Å²) in [4.78, 5) is 0. The van der Waals surface area contributed by atoms with Gasteiger partial charge in [0, 0.05) is 10.5 Å². The zero-order valence-corrected chi connectivity index (χ0v) is 11.0. The molecule has 2 heteroatoms. The molecule has 2 aliphatic carbocycles. The minimum absolute atomic E-state index is 0.605. The highest BCUT2D eigenvalue weighted by atomic mass is 79.9. The molecule has 1 aromatic rings. The zero-order chi connectivity index (χ0) is 11.0. The molecule has 86 valence electrons. The average Bonchev–Trinajstić information content (AvgIpc) is 3.15. The fourth-order valence-corrected chi connectivity index (χ4v) is 2.54. The van der Waals surface area contributed by atoms with Gasteiger partial charge in [0.2, 0.25) is 0 Å². The molecule has 1 N–H and O–H groups in total. The van der Waals surface area contributed by atoms with Crippen molar-refractivity contribution in [2.75, 3.05) is 6.54 Å². The van der Waals surface area contributed by atoms with Gasteiger partial charge in [-0.15, -0.1) is 0 Å². The number of hydrogen-bond acceptors (Lipinski definition) is 1. The molecule has 1 unspecified atom stereocenters. The minimum atomic E-state index is 0.605. The van der Waals surface area contributed by atoms with Gasteiger partial charge in [0.25, 0.3) is 0 Å². The average molecular weight is 280 g/mol. The van der Waals surface area contributed by atoms with Gasteiger partial charge in [-0.2, -0.15) is 0 Å². The van der Waals surface area contributed by atoms with Gasteiger partial charge in [0.1, 0.15) is 0 Å². The third-order valence-corrected chi connectivity index (χ3v) is 4.17. The summed E-state index contributed by atoms with van der Waals surface area (Å²) in [5.41, 5.74) is 1.46. The van der Waals surface area contributed by atoms with Crippen LogP contribution in [0.4, 0.5) is 0 Å². The van der Waals surface area contributed by atoms with E-state index in [2.05, 4.69) is 45.5 Å². The number of hydrogen-bond donors (Lipinski definition) is 1. The van der Waals surface area contributed by atoms with Crippen LogP contribution in [0.25, 0.3) is 0 Å². The molecule has 16 heavy (non-hydrogen) atoms. The molecule has 0 saturated heterocycles. The molecule has 0 heterocycles. The van der Waals surface area contributed by atoms with Crippen molar-refractivity contribution in [3.8, 4) is 0 Å². The van der Waals surface area contributed by atoms with Crippen molar-refractivity contribution in [2.45, 2.75) is 31.7 Å². The third kappa shape index (κ3) is 2.67. The van der Waals surface area contributed by atoms with Crippen molar-refractivity contribution in [3.63, 3.8) is 0 Å². The maximum absolute atomic E-state index is 3.76. The predicted molar refractivity (Wildman–Crippen MR) is 70.3 cm³/mol. The van der Waals surface area contributed by atoms with Gasteiger partial charge < -0.3 is 5.32 Å². The number of nitrogens with one attached hydrogen (secondary N) is 1. The molecule has 0 bridgehead atoms. The first-order valence-corrected chi connectivity index (χ1v) is 7.11. The summed E-state index contributed by atoms with van der Waals surface area (Å²) in [5.74, 6) is 1.86. The van der Waals surface area contributed by atoms with Crippen LogP contribution >= 0.6 is 15.9 Å². The minimum Gasteiger partial charge on any atom is -0.309 e. The third-order valence-electron chi connectivity index (χ3n) is 3.65. The topological polar surface area (TPSA) is 12.0 Å². The first kappa shape index (κ1) is 10.8. The largest absolute Gasteiger partial charge is 0.309 e. The monoisotopic (exact) mass is 279 g/mol. The van der Waals surface area contributed by atoms with E-state index in [4.69, 9.17) is 0 Å². The van der Waals surface area contributed by atoms with Gasteiger partial charge in [-0.05, 0) is 61.8 Å². The summed E-state index contributed by atoms with van der Waals surface area (Å²) in [6.45, 7) is 1.22. The maximum atomic E-state index is 3.76. The predicted octanol–water partition coefficient (Wildman–Crippen LogP) is 3.90. The van der Waals surface area contributed by atoms with Gasteiger partial charge in [-0.1, -0.05) is 28.1 Å². The second kappa shape index (κ2) is 4.50. The summed E-state index contributed by atoms with van der Waals surface area (Å²) in [6.07, 6.45) is 5.67. The lowest BCUT2D eigenvalue weighted by Gasteiger charge is -2.18. The van der Waals surface area contributed by atoms with Crippen LogP contribution in [0.15, 0.2) is 28.7 Å². The molecular formula is C14H18BrN. The van der Waals surface area contributed by atoms with E-state index in [1.54, 1.807) is 0 Å². The lowest BCUT2D eigenvalue weighted by Crippen LogP contribution is -2.25. The molecule has 0 spiro atoms. The molecule has 1 atom stereocenters. The van der Waals surface area contributed by atoms with E-state index in [0.29, 0.717) is 6.04 Å². The molecular weight excluding hydrogens is 262 g/mol. The van der Waals surface area contributed by atoms with E-state index >= 15 is 0 Å². The number of rotatable bonds is 5. The van der Waals surface area contributed by atoms with Crippen LogP contribution in [-0.2, 0) is 0 Å². The molecule has 0 amide bonds. The Morgan fingerprint density at radius 2 is 1.81 bits per heavy atom. The molecule has 3 rings (SSSR count). The van der Waals surface area contributed by atoms with E-state index in [1.165, 1.54) is 42.3 Å². The molecule has 2 saturated carbocycles. The quantitative estimate of drug-likeness (QED) is 0.862. The van der Waals surface area contributed by atoms with Crippen LogP contribution in [0.3, 0.4) is 0 Å². The van der Waals surface area contributed by atoms with Crippen molar-refractivity contribution in [3.05, 3.63) is 34.3 Å². The maximum Gasteiger partial charge on any atom is 0.0348 e. The van der Waals surface area contributed by atoms with Crippen molar-refractivity contribution in [1.29, 1.82) is 0 Å². The first-order valence-electron chi connectivity index (χ1n) is 6.32. The Morgan fingerprint density at radius 1 is 1.12 bits per heavy atom. The Labute approximate surface area is 106 Å². The van der Waals surface area contributed by atoms with Crippen LogP contribution in [0.5, 0.6) is 0 Å². The molecule has 0 radical (unpaired) electrons. The summed E-state index contributed by atoms with van der Waals surface area (Å²) >= 11 is 3.50. The zero-order valence-electron chi connectivity index (χ0n) is 9.45. The molecule has 2 fully saturated rings. The summed E-state index contributed by atoms with van der Waals surface area (Å²) in [5, 5.41) is 3.76. The smallest absolute Gasteiger partial charge is 0.0348 e. The van der Waals surface area contributed by atoms with Crippen LogP contribution < -0.4 is 5.32 Å². The molecule has 1 aromatic carbocycles. The van der Waals surface area contributed by atoms with Crippen molar-refractivity contribution in [2.24, 2.45) is 11.8 Å². The van der Waals surface area contributed by atoms with Crippen LogP contribution in [-0.4, -0.2) is 6.54 Å². The Bertz CT molecular complexity index is 352. The van der Waals surface area contributed by atoms with Crippen molar-refractivity contribution < 1.29 is 0 Å². The highest BCUT2D eigenvalue weighted by Crippen LogP contribution is 2.41.